The van der Waals surface area contributed by atoms with Crippen molar-refractivity contribution in [2.75, 3.05) is 0 Å². The van der Waals surface area contributed by atoms with Gasteiger partial charge in [-0.25, -0.2) is 0 Å². The molecule has 0 radical (unpaired) electrons. The molecule has 28 heavy (non-hydrogen) atoms. The molecule has 0 rings (SSSR count). The highest BCUT2D eigenvalue weighted by Gasteiger charge is 1.89. The van der Waals surface area contributed by atoms with Gasteiger partial charge in [0.05, 0.1) is 11.1 Å². The third kappa shape index (κ3) is 14.1. The molecule has 0 aromatic heterocycles. The van der Waals surface area contributed by atoms with Crippen molar-refractivity contribution >= 4 is 0 Å². The van der Waals surface area contributed by atoms with Gasteiger partial charge in [0.15, 0.2) is 0 Å². The van der Waals surface area contributed by atoms with Gasteiger partial charge in [0.2, 0.25) is 0 Å². The standard InChI is InChI=1S/C28H30/c1-7-9-11-17-21-27(25(3)4)23-19-15-13-14-16-20-24-28(26(5)6)22-18-12-10-8-2/h7-12H2,1-6H3. The Hall–Kier alpha value is -3.16. The van der Waals surface area contributed by atoms with Crippen LogP contribution in [0.2, 0.25) is 0 Å². The van der Waals surface area contributed by atoms with Gasteiger partial charge in [-0.15, -0.1) is 0 Å². The Morgan fingerprint density at radius 1 is 0.500 bits per heavy atom. The van der Waals surface area contributed by atoms with Crippen molar-refractivity contribution in [2.45, 2.75) is 80.1 Å². The molecule has 0 saturated carbocycles. The van der Waals surface area contributed by atoms with Gasteiger partial charge < -0.3 is 0 Å². The van der Waals surface area contributed by atoms with E-state index in [4.69, 9.17) is 0 Å². The number of unbranched alkanes of at least 4 members (excludes halogenated alkanes) is 4. The lowest BCUT2D eigenvalue weighted by Gasteiger charge is -1.90. The maximum atomic E-state index is 3.16. The fourth-order valence-corrected chi connectivity index (χ4v) is 1.71. The maximum absolute atomic E-state index is 3.16. The van der Waals surface area contributed by atoms with E-state index >= 15 is 0 Å². The molecule has 0 aromatic rings. The summed E-state index contributed by atoms with van der Waals surface area (Å²) in [4.78, 5) is 0. The molecule has 0 atom stereocenters. The largest absolute Gasteiger partial charge is 0.0972 e. The quantitative estimate of drug-likeness (QED) is 0.419. The number of hydrogen-bond donors (Lipinski definition) is 0. The molecule has 0 unspecified atom stereocenters. The van der Waals surface area contributed by atoms with Crippen molar-refractivity contribution in [3.63, 3.8) is 0 Å². The van der Waals surface area contributed by atoms with Crippen molar-refractivity contribution in [1.82, 2.24) is 0 Å². The van der Waals surface area contributed by atoms with E-state index in [1.54, 1.807) is 0 Å². The predicted octanol–water partition coefficient (Wildman–Crippen LogP) is 6.06. The van der Waals surface area contributed by atoms with Gasteiger partial charge in [-0.3, -0.25) is 0 Å². The van der Waals surface area contributed by atoms with Crippen LogP contribution >= 0.6 is 0 Å². The highest BCUT2D eigenvalue weighted by molar-refractivity contribution is 5.52. The molecule has 0 heterocycles. The fraction of sp³-hybridized carbons (Fsp3) is 0.429. The van der Waals surface area contributed by atoms with E-state index in [2.05, 4.69) is 84.9 Å². The second-order valence-corrected chi connectivity index (χ2v) is 6.56. The lowest BCUT2D eigenvalue weighted by atomic mass is 10.1. The van der Waals surface area contributed by atoms with Crippen molar-refractivity contribution in [3.8, 4) is 71.0 Å². The minimum absolute atomic E-state index is 0.841. The van der Waals surface area contributed by atoms with Crippen LogP contribution in [0.5, 0.6) is 0 Å². The predicted molar refractivity (Wildman–Crippen MR) is 122 cm³/mol. The molecule has 0 fully saturated rings. The molecular formula is C28H30. The summed E-state index contributed by atoms with van der Waals surface area (Å²) < 4.78 is 0. The first-order valence-corrected chi connectivity index (χ1v) is 9.87. The van der Waals surface area contributed by atoms with Crippen LogP contribution in [0.4, 0.5) is 0 Å². The Labute approximate surface area is 173 Å². The van der Waals surface area contributed by atoms with Crippen LogP contribution in [-0.4, -0.2) is 0 Å². The van der Waals surface area contributed by atoms with Crippen molar-refractivity contribution in [3.05, 3.63) is 22.3 Å². The Bertz CT molecular complexity index is 851. The van der Waals surface area contributed by atoms with Gasteiger partial charge in [0.25, 0.3) is 0 Å². The Kier molecular flexibility index (Phi) is 15.3. The summed E-state index contributed by atoms with van der Waals surface area (Å²) in [5, 5.41) is 0. The molecule has 0 spiro atoms. The molecule has 0 N–H and O–H groups in total. The van der Waals surface area contributed by atoms with E-state index in [9.17, 15) is 0 Å². The minimum atomic E-state index is 0.841. The Morgan fingerprint density at radius 2 is 0.857 bits per heavy atom. The number of allylic oxidation sites excluding steroid dienone is 4. The monoisotopic (exact) mass is 366 g/mol. The second-order valence-electron chi connectivity index (χ2n) is 6.56. The molecule has 0 saturated heterocycles. The highest BCUT2D eigenvalue weighted by atomic mass is 13.9. The van der Waals surface area contributed by atoms with Gasteiger partial charge in [-0.05, 0) is 87.9 Å². The van der Waals surface area contributed by atoms with Crippen molar-refractivity contribution in [1.29, 1.82) is 0 Å². The lowest BCUT2D eigenvalue weighted by Crippen LogP contribution is -1.78. The summed E-state index contributed by atoms with van der Waals surface area (Å²) in [6.45, 7) is 12.3. The average Bonchev–Trinajstić information content (AvgIpc) is 2.66. The molecule has 0 amide bonds. The number of hydrogen-bond acceptors (Lipinski definition) is 0. The van der Waals surface area contributed by atoms with Crippen molar-refractivity contribution < 1.29 is 0 Å². The molecule has 0 aliphatic heterocycles. The zero-order valence-corrected chi connectivity index (χ0v) is 18.2. The van der Waals surface area contributed by atoms with Crippen LogP contribution in [0.1, 0.15) is 80.1 Å². The molecule has 0 aliphatic carbocycles. The maximum Gasteiger partial charge on any atom is 0.0740 e. The van der Waals surface area contributed by atoms with Gasteiger partial charge in [-0.1, -0.05) is 61.5 Å². The van der Waals surface area contributed by atoms with Gasteiger partial charge in [0.1, 0.15) is 0 Å². The second kappa shape index (κ2) is 17.3. The summed E-state index contributed by atoms with van der Waals surface area (Å²) in [5.74, 6) is 35.1. The fourth-order valence-electron chi connectivity index (χ4n) is 1.71. The van der Waals surface area contributed by atoms with Crippen LogP contribution in [0, 0.1) is 71.0 Å². The first-order chi connectivity index (χ1) is 13.5. The molecule has 0 bridgehead atoms. The molecule has 0 heteroatoms. The molecule has 0 nitrogen and oxygen atoms in total. The zero-order chi connectivity index (χ0) is 21.0. The summed E-state index contributed by atoms with van der Waals surface area (Å²) in [5.41, 5.74) is 3.88. The lowest BCUT2D eigenvalue weighted by molar-refractivity contribution is 0.828. The van der Waals surface area contributed by atoms with E-state index in [1.807, 2.05) is 27.7 Å². The zero-order valence-electron chi connectivity index (χ0n) is 18.2. The topological polar surface area (TPSA) is 0 Å². The van der Waals surface area contributed by atoms with E-state index in [0.717, 1.165) is 60.8 Å². The van der Waals surface area contributed by atoms with Crippen LogP contribution in [0.25, 0.3) is 0 Å². The minimum Gasteiger partial charge on any atom is -0.0972 e. The molecule has 142 valence electrons. The summed E-state index contributed by atoms with van der Waals surface area (Å²) >= 11 is 0. The molecule has 0 aliphatic rings. The van der Waals surface area contributed by atoms with Crippen LogP contribution < -0.4 is 0 Å². The first-order valence-electron chi connectivity index (χ1n) is 9.87. The van der Waals surface area contributed by atoms with Gasteiger partial charge in [-0.2, -0.15) is 0 Å². The van der Waals surface area contributed by atoms with Crippen LogP contribution in [-0.2, 0) is 0 Å². The van der Waals surface area contributed by atoms with Gasteiger partial charge >= 0.3 is 0 Å². The smallest absolute Gasteiger partial charge is 0.0740 e. The van der Waals surface area contributed by atoms with E-state index in [1.165, 1.54) is 0 Å². The molecular weight excluding hydrogens is 336 g/mol. The average molecular weight is 367 g/mol. The normalized spacial score (nSPS) is 7.50. The van der Waals surface area contributed by atoms with Crippen LogP contribution in [0.3, 0.4) is 0 Å². The van der Waals surface area contributed by atoms with Crippen molar-refractivity contribution in [2.24, 2.45) is 0 Å². The third-order valence-electron chi connectivity index (χ3n) is 3.42. The van der Waals surface area contributed by atoms with E-state index < -0.39 is 0 Å². The summed E-state index contributed by atoms with van der Waals surface area (Å²) in [6.07, 6.45) is 6.34. The molecule has 0 aromatic carbocycles. The third-order valence-corrected chi connectivity index (χ3v) is 3.42. The van der Waals surface area contributed by atoms with Gasteiger partial charge in [0, 0.05) is 12.8 Å². The highest BCUT2D eigenvalue weighted by Crippen LogP contribution is 2.01. The Morgan fingerprint density at radius 3 is 1.18 bits per heavy atom. The van der Waals surface area contributed by atoms with Crippen LogP contribution in [0.15, 0.2) is 22.3 Å². The first kappa shape index (κ1) is 24.8. The SMILES string of the molecule is CCCCC#CC(C#CC#CC#CC#CC(C#CCCCC)=C(C)C)=C(C)C. The summed E-state index contributed by atoms with van der Waals surface area (Å²) in [7, 11) is 0. The van der Waals surface area contributed by atoms with E-state index in [-0.39, 0.29) is 0 Å². The summed E-state index contributed by atoms with van der Waals surface area (Å²) in [6, 6.07) is 0. The van der Waals surface area contributed by atoms with E-state index in [0.29, 0.717) is 0 Å². The Balaban J connectivity index is 4.98. The number of rotatable bonds is 4.